The van der Waals surface area contributed by atoms with Crippen molar-refractivity contribution < 1.29 is 9.84 Å². The predicted octanol–water partition coefficient (Wildman–Crippen LogP) is 0.402. The van der Waals surface area contributed by atoms with Gasteiger partial charge in [-0.15, -0.1) is 0 Å². The first kappa shape index (κ1) is 15.2. The van der Waals surface area contributed by atoms with Gasteiger partial charge in [-0.2, -0.15) is 0 Å². The zero-order valence-electron chi connectivity index (χ0n) is 11.8. The molecule has 0 saturated carbocycles. The molecule has 0 amide bonds. The maximum absolute atomic E-state index is 12.0. The molecule has 1 heterocycles. The third kappa shape index (κ3) is 3.68. The largest absolute Gasteiger partial charge is 0.394 e. The van der Waals surface area contributed by atoms with E-state index in [9.17, 15) is 9.59 Å². The summed E-state index contributed by atoms with van der Waals surface area (Å²) in [5.41, 5.74) is 1.22. The number of ether oxygens (including phenoxy) is 1. The quantitative estimate of drug-likeness (QED) is 0.754. The SMILES string of the molecule is Cc1c(Cc2ccccc2)n(COCCO)c(=O)[nH]c1=O. The average Bonchev–Trinajstić information content (AvgIpc) is 2.49. The number of aromatic nitrogens is 2. The molecule has 2 N–H and O–H groups in total. The smallest absolute Gasteiger partial charge is 0.330 e. The summed E-state index contributed by atoms with van der Waals surface area (Å²) < 4.78 is 6.60. The normalized spacial score (nSPS) is 10.8. The molecule has 2 rings (SSSR count). The maximum Gasteiger partial charge on any atom is 0.330 e. The van der Waals surface area contributed by atoms with Gasteiger partial charge in [-0.25, -0.2) is 4.79 Å². The van der Waals surface area contributed by atoms with Crippen molar-refractivity contribution in [3.63, 3.8) is 0 Å². The number of aromatic amines is 1. The van der Waals surface area contributed by atoms with Crippen LogP contribution in [-0.4, -0.2) is 27.9 Å². The van der Waals surface area contributed by atoms with Gasteiger partial charge in [0.15, 0.2) is 0 Å². The van der Waals surface area contributed by atoms with Crippen molar-refractivity contribution >= 4 is 0 Å². The summed E-state index contributed by atoms with van der Waals surface area (Å²) in [4.78, 5) is 26.0. The molecule has 0 unspecified atom stereocenters. The summed E-state index contributed by atoms with van der Waals surface area (Å²) >= 11 is 0. The highest BCUT2D eigenvalue weighted by Crippen LogP contribution is 2.10. The number of hydrogen-bond acceptors (Lipinski definition) is 4. The third-order valence-corrected chi connectivity index (χ3v) is 3.24. The maximum atomic E-state index is 12.0. The van der Waals surface area contributed by atoms with Crippen LogP contribution in [0.3, 0.4) is 0 Å². The lowest BCUT2D eigenvalue weighted by Crippen LogP contribution is -2.35. The van der Waals surface area contributed by atoms with E-state index >= 15 is 0 Å². The number of benzene rings is 1. The molecular weight excluding hydrogens is 272 g/mol. The Labute approximate surface area is 121 Å². The van der Waals surface area contributed by atoms with Gasteiger partial charge < -0.3 is 9.84 Å². The summed E-state index contributed by atoms with van der Waals surface area (Å²) in [6, 6.07) is 9.59. The van der Waals surface area contributed by atoms with E-state index in [1.54, 1.807) is 6.92 Å². The first-order chi connectivity index (χ1) is 10.1. The summed E-state index contributed by atoms with van der Waals surface area (Å²) in [6.07, 6.45) is 0.467. The molecular formula is C15H18N2O4. The van der Waals surface area contributed by atoms with Crippen molar-refractivity contribution in [1.29, 1.82) is 0 Å². The second kappa shape index (κ2) is 7.01. The molecule has 0 atom stereocenters. The minimum atomic E-state index is -0.505. The van der Waals surface area contributed by atoms with Gasteiger partial charge in [-0.05, 0) is 12.5 Å². The van der Waals surface area contributed by atoms with E-state index in [2.05, 4.69) is 4.98 Å². The topological polar surface area (TPSA) is 84.3 Å². The van der Waals surface area contributed by atoms with Crippen LogP contribution >= 0.6 is 0 Å². The van der Waals surface area contributed by atoms with Gasteiger partial charge in [-0.3, -0.25) is 14.3 Å². The highest BCUT2D eigenvalue weighted by atomic mass is 16.5. The zero-order chi connectivity index (χ0) is 15.2. The molecule has 0 aliphatic rings. The molecule has 0 bridgehead atoms. The fourth-order valence-corrected chi connectivity index (χ4v) is 2.09. The molecule has 1 aromatic carbocycles. The van der Waals surface area contributed by atoms with Crippen molar-refractivity contribution in [3.05, 3.63) is 68.0 Å². The van der Waals surface area contributed by atoms with Gasteiger partial charge >= 0.3 is 5.69 Å². The fourth-order valence-electron chi connectivity index (χ4n) is 2.09. The Bertz CT molecular complexity index is 704. The molecule has 0 fully saturated rings. The summed E-state index contributed by atoms with van der Waals surface area (Å²) in [5, 5.41) is 8.75. The number of aliphatic hydroxyl groups is 1. The molecule has 2 aromatic rings. The molecule has 0 spiro atoms. The average molecular weight is 290 g/mol. The van der Waals surface area contributed by atoms with E-state index in [4.69, 9.17) is 9.84 Å². The summed E-state index contributed by atoms with van der Waals surface area (Å²) in [6.45, 7) is 1.69. The van der Waals surface area contributed by atoms with Crippen LogP contribution in [0.4, 0.5) is 0 Å². The predicted molar refractivity (Wildman–Crippen MR) is 78.3 cm³/mol. The Morgan fingerprint density at radius 2 is 1.95 bits per heavy atom. The van der Waals surface area contributed by atoms with Crippen molar-refractivity contribution in [2.45, 2.75) is 20.1 Å². The molecule has 1 aromatic heterocycles. The minimum Gasteiger partial charge on any atom is -0.394 e. The van der Waals surface area contributed by atoms with E-state index in [0.717, 1.165) is 5.56 Å². The van der Waals surface area contributed by atoms with Crippen LogP contribution in [0, 0.1) is 6.92 Å². The van der Waals surface area contributed by atoms with Crippen LogP contribution in [0.5, 0.6) is 0 Å². The van der Waals surface area contributed by atoms with Gasteiger partial charge in [0.25, 0.3) is 5.56 Å². The Balaban J connectivity index is 2.41. The van der Waals surface area contributed by atoms with Gasteiger partial charge in [0, 0.05) is 17.7 Å². The van der Waals surface area contributed by atoms with Gasteiger partial charge in [0.2, 0.25) is 0 Å². The number of nitrogens with one attached hydrogen (secondary N) is 1. The Kier molecular flexibility index (Phi) is 5.08. The van der Waals surface area contributed by atoms with E-state index < -0.39 is 5.69 Å². The molecule has 0 aliphatic heterocycles. The lowest BCUT2D eigenvalue weighted by atomic mass is 10.1. The zero-order valence-corrected chi connectivity index (χ0v) is 11.8. The summed E-state index contributed by atoms with van der Waals surface area (Å²) in [5.74, 6) is 0. The molecule has 6 heteroatoms. The van der Waals surface area contributed by atoms with Gasteiger partial charge in [0.1, 0.15) is 6.73 Å². The van der Waals surface area contributed by atoms with Crippen molar-refractivity contribution in [2.75, 3.05) is 13.2 Å². The van der Waals surface area contributed by atoms with Crippen LogP contribution in [0.1, 0.15) is 16.8 Å². The summed E-state index contributed by atoms with van der Waals surface area (Å²) in [7, 11) is 0. The van der Waals surface area contributed by atoms with Crippen LogP contribution in [0.25, 0.3) is 0 Å². The third-order valence-electron chi connectivity index (χ3n) is 3.24. The van der Waals surface area contributed by atoms with Crippen LogP contribution in [0.15, 0.2) is 39.9 Å². The van der Waals surface area contributed by atoms with E-state index in [-0.39, 0.29) is 25.5 Å². The number of nitrogens with zero attached hydrogens (tertiary/aromatic N) is 1. The number of aliphatic hydroxyl groups excluding tert-OH is 1. The standard InChI is InChI=1S/C15H18N2O4/c1-11-13(9-12-5-3-2-4-6-12)17(10-21-8-7-18)15(20)16-14(11)19/h2-6,18H,7-10H2,1H3,(H,16,19,20). The molecule has 0 saturated heterocycles. The minimum absolute atomic E-state index is 0.000813. The lowest BCUT2D eigenvalue weighted by molar-refractivity contribution is 0.0442. The van der Waals surface area contributed by atoms with Gasteiger partial charge in [-0.1, -0.05) is 30.3 Å². The number of H-pyrrole nitrogens is 1. The van der Waals surface area contributed by atoms with E-state index in [1.807, 2.05) is 30.3 Å². The highest BCUT2D eigenvalue weighted by Gasteiger charge is 2.12. The van der Waals surface area contributed by atoms with E-state index in [0.29, 0.717) is 17.7 Å². The van der Waals surface area contributed by atoms with Crippen molar-refractivity contribution in [1.82, 2.24) is 9.55 Å². The fraction of sp³-hybridized carbons (Fsp3) is 0.333. The molecule has 21 heavy (non-hydrogen) atoms. The first-order valence-corrected chi connectivity index (χ1v) is 6.68. The number of hydrogen-bond donors (Lipinski definition) is 2. The second-order valence-corrected chi connectivity index (χ2v) is 4.68. The Hall–Kier alpha value is -2.18. The molecule has 0 aliphatic carbocycles. The van der Waals surface area contributed by atoms with Crippen LogP contribution in [-0.2, 0) is 17.9 Å². The Morgan fingerprint density at radius 3 is 2.62 bits per heavy atom. The van der Waals surface area contributed by atoms with E-state index in [1.165, 1.54) is 4.57 Å². The second-order valence-electron chi connectivity index (χ2n) is 4.68. The number of rotatable bonds is 6. The molecule has 112 valence electrons. The lowest BCUT2D eigenvalue weighted by Gasteiger charge is -2.14. The van der Waals surface area contributed by atoms with Crippen LogP contribution < -0.4 is 11.2 Å². The van der Waals surface area contributed by atoms with Crippen molar-refractivity contribution in [2.24, 2.45) is 0 Å². The molecule has 0 radical (unpaired) electrons. The first-order valence-electron chi connectivity index (χ1n) is 6.68. The van der Waals surface area contributed by atoms with Crippen molar-refractivity contribution in [3.8, 4) is 0 Å². The highest BCUT2D eigenvalue weighted by molar-refractivity contribution is 5.25. The Morgan fingerprint density at radius 1 is 1.24 bits per heavy atom. The van der Waals surface area contributed by atoms with Crippen LogP contribution in [0.2, 0.25) is 0 Å². The van der Waals surface area contributed by atoms with Gasteiger partial charge in [0.05, 0.1) is 13.2 Å². The molecule has 6 nitrogen and oxygen atoms in total. The monoisotopic (exact) mass is 290 g/mol.